The molecule has 3 saturated heterocycles. The van der Waals surface area contributed by atoms with E-state index in [-0.39, 0.29) is 42.5 Å². The van der Waals surface area contributed by atoms with Crippen LogP contribution in [0, 0.1) is 5.92 Å². The second kappa shape index (κ2) is 12.1. The summed E-state index contributed by atoms with van der Waals surface area (Å²) in [6.45, 7) is 11.4. The molecule has 0 aliphatic carbocycles. The normalized spacial score (nSPS) is 26.6. The molecule has 27 heavy (non-hydrogen) atoms. The van der Waals surface area contributed by atoms with Crippen LogP contribution in [0.25, 0.3) is 0 Å². The average molecular weight is 424 g/mol. The van der Waals surface area contributed by atoms with Gasteiger partial charge in [-0.25, -0.2) is 0 Å². The average Bonchev–Trinajstić information content (AvgIpc) is 3.23. The van der Waals surface area contributed by atoms with E-state index in [9.17, 15) is 9.59 Å². The predicted molar refractivity (Wildman–Crippen MR) is 112 cm³/mol. The number of piperazine rings is 1. The predicted octanol–water partition coefficient (Wildman–Crippen LogP) is 0.184. The Labute approximate surface area is 175 Å². The minimum absolute atomic E-state index is 0. The Kier molecular flexibility index (Phi) is 10.9. The van der Waals surface area contributed by atoms with E-state index in [1.807, 2.05) is 4.90 Å². The van der Waals surface area contributed by atoms with E-state index in [2.05, 4.69) is 27.4 Å². The van der Waals surface area contributed by atoms with Gasteiger partial charge in [0.25, 0.3) is 0 Å². The highest BCUT2D eigenvalue weighted by molar-refractivity contribution is 5.89. The first-order valence-corrected chi connectivity index (χ1v) is 9.90. The van der Waals surface area contributed by atoms with E-state index >= 15 is 0 Å². The molecule has 9 heteroatoms. The number of hydrogen-bond donors (Lipinski definition) is 2. The lowest BCUT2D eigenvalue weighted by atomic mass is 10.1. The van der Waals surface area contributed by atoms with Gasteiger partial charge < -0.3 is 15.5 Å². The zero-order valence-corrected chi connectivity index (χ0v) is 18.0. The summed E-state index contributed by atoms with van der Waals surface area (Å²) in [5.74, 6) is 0.0157. The van der Waals surface area contributed by atoms with Gasteiger partial charge in [0.2, 0.25) is 11.8 Å². The number of rotatable bonds is 7. The molecule has 2 amide bonds. The van der Waals surface area contributed by atoms with Gasteiger partial charge in [-0.05, 0) is 25.9 Å². The minimum atomic E-state index is -0.174. The van der Waals surface area contributed by atoms with Crippen LogP contribution in [0.15, 0.2) is 0 Å². The Hall–Kier alpha value is -0.600. The number of hydrogen-bond acceptors (Lipinski definition) is 5. The van der Waals surface area contributed by atoms with Crippen molar-refractivity contribution in [1.82, 2.24) is 25.3 Å². The Balaban J connectivity index is 0.00000182. The summed E-state index contributed by atoms with van der Waals surface area (Å²) in [5.41, 5.74) is 0. The lowest BCUT2D eigenvalue weighted by Gasteiger charge is -2.28. The van der Waals surface area contributed by atoms with Crippen LogP contribution in [0.1, 0.15) is 26.2 Å². The largest absolute Gasteiger partial charge is 0.355 e. The molecule has 0 aromatic carbocycles. The summed E-state index contributed by atoms with van der Waals surface area (Å²) in [4.78, 5) is 31.4. The van der Waals surface area contributed by atoms with Crippen LogP contribution < -0.4 is 10.6 Å². The molecule has 3 fully saturated rings. The van der Waals surface area contributed by atoms with Crippen LogP contribution in [0.3, 0.4) is 0 Å². The number of likely N-dealkylation sites (tertiary alicyclic amines) is 2. The molecule has 3 aliphatic rings. The van der Waals surface area contributed by atoms with E-state index in [1.54, 1.807) is 0 Å². The fraction of sp³-hybridized carbons (Fsp3) is 0.889. The second-order valence-electron chi connectivity index (χ2n) is 7.51. The van der Waals surface area contributed by atoms with Crippen molar-refractivity contribution in [3.05, 3.63) is 0 Å². The standard InChI is InChI=1S/C18H33N5O2.2ClH/c1-2-22-8-3-4-16(22)14-23-13-15(12-17(23)24)18(25)20-7-11-21-9-5-19-6-10-21;;/h15-16,19H,2-14H2,1H3,(H,20,25);2*1H. The number of amides is 2. The van der Waals surface area contributed by atoms with Crippen molar-refractivity contribution in [3.63, 3.8) is 0 Å². The second-order valence-corrected chi connectivity index (χ2v) is 7.51. The maximum absolute atomic E-state index is 12.4. The van der Waals surface area contributed by atoms with Crippen molar-refractivity contribution >= 4 is 36.6 Å². The maximum atomic E-state index is 12.4. The fourth-order valence-electron chi connectivity index (χ4n) is 4.31. The van der Waals surface area contributed by atoms with Crippen molar-refractivity contribution in [3.8, 4) is 0 Å². The lowest BCUT2D eigenvalue weighted by molar-refractivity contribution is -0.129. The lowest BCUT2D eigenvalue weighted by Crippen LogP contribution is -2.46. The summed E-state index contributed by atoms with van der Waals surface area (Å²) in [6.07, 6.45) is 2.76. The van der Waals surface area contributed by atoms with Gasteiger partial charge in [0, 0.05) is 64.8 Å². The van der Waals surface area contributed by atoms with Crippen molar-refractivity contribution in [2.45, 2.75) is 32.2 Å². The van der Waals surface area contributed by atoms with E-state index in [0.29, 0.717) is 25.6 Å². The van der Waals surface area contributed by atoms with Gasteiger partial charge >= 0.3 is 0 Å². The molecule has 0 bridgehead atoms. The first-order chi connectivity index (χ1) is 12.2. The van der Waals surface area contributed by atoms with Crippen molar-refractivity contribution in [1.29, 1.82) is 0 Å². The first-order valence-electron chi connectivity index (χ1n) is 9.90. The van der Waals surface area contributed by atoms with Gasteiger partial charge in [0.05, 0.1) is 5.92 Å². The molecule has 2 atom stereocenters. The fourth-order valence-corrected chi connectivity index (χ4v) is 4.31. The topological polar surface area (TPSA) is 67.9 Å². The van der Waals surface area contributed by atoms with Crippen LogP contribution in [-0.4, -0.2) is 98.0 Å². The van der Waals surface area contributed by atoms with E-state index in [4.69, 9.17) is 0 Å². The van der Waals surface area contributed by atoms with Gasteiger partial charge in [0.15, 0.2) is 0 Å². The molecule has 2 N–H and O–H groups in total. The number of carbonyl (C=O) groups excluding carboxylic acids is 2. The number of nitrogens with one attached hydrogen (secondary N) is 2. The van der Waals surface area contributed by atoms with Crippen LogP contribution in [0.4, 0.5) is 0 Å². The number of carbonyl (C=O) groups is 2. The smallest absolute Gasteiger partial charge is 0.225 e. The molecule has 3 aliphatic heterocycles. The van der Waals surface area contributed by atoms with E-state index in [1.165, 1.54) is 12.8 Å². The molecule has 3 heterocycles. The Morgan fingerprint density at radius 1 is 1.22 bits per heavy atom. The van der Waals surface area contributed by atoms with Gasteiger partial charge in [-0.15, -0.1) is 24.8 Å². The maximum Gasteiger partial charge on any atom is 0.225 e. The van der Waals surface area contributed by atoms with Crippen molar-refractivity contribution in [2.24, 2.45) is 5.92 Å². The summed E-state index contributed by atoms with van der Waals surface area (Å²) in [6, 6.07) is 0.475. The summed E-state index contributed by atoms with van der Waals surface area (Å²) >= 11 is 0. The SMILES string of the molecule is CCN1CCCC1CN1CC(C(=O)NCCN2CCNCC2)CC1=O.Cl.Cl. The summed E-state index contributed by atoms with van der Waals surface area (Å²) in [5, 5.41) is 6.37. The number of halogens is 2. The molecule has 0 saturated carbocycles. The van der Waals surface area contributed by atoms with Crippen LogP contribution >= 0.6 is 24.8 Å². The highest BCUT2D eigenvalue weighted by atomic mass is 35.5. The van der Waals surface area contributed by atoms with Crippen LogP contribution in [0.5, 0.6) is 0 Å². The first kappa shape index (κ1) is 24.4. The number of nitrogens with zero attached hydrogens (tertiary/aromatic N) is 3. The molecule has 0 spiro atoms. The van der Waals surface area contributed by atoms with Gasteiger partial charge in [0.1, 0.15) is 0 Å². The Morgan fingerprint density at radius 2 is 1.96 bits per heavy atom. The third kappa shape index (κ3) is 6.75. The zero-order valence-electron chi connectivity index (χ0n) is 16.3. The van der Waals surface area contributed by atoms with Gasteiger partial charge in [-0.2, -0.15) is 0 Å². The number of likely N-dealkylation sites (N-methyl/N-ethyl adjacent to an activating group) is 1. The molecule has 3 rings (SSSR count). The molecule has 2 unspecified atom stereocenters. The summed E-state index contributed by atoms with van der Waals surface area (Å²) in [7, 11) is 0. The quantitative estimate of drug-likeness (QED) is 0.611. The minimum Gasteiger partial charge on any atom is -0.355 e. The molecule has 158 valence electrons. The molecular weight excluding hydrogens is 389 g/mol. The van der Waals surface area contributed by atoms with E-state index in [0.717, 1.165) is 52.4 Å². The molecular formula is C18H35Cl2N5O2. The van der Waals surface area contributed by atoms with Crippen LogP contribution in [-0.2, 0) is 9.59 Å². The van der Waals surface area contributed by atoms with E-state index < -0.39 is 0 Å². The molecule has 0 aromatic heterocycles. The molecule has 7 nitrogen and oxygen atoms in total. The highest BCUT2D eigenvalue weighted by Crippen LogP contribution is 2.23. The Morgan fingerprint density at radius 3 is 2.67 bits per heavy atom. The van der Waals surface area contributed by atoms with Crippen molar-refractivity contribution in [2.75, 3.05) is 65.4 Å². The summed E-state index contributed by atoms with van der Waals surface area (Å²) < 4.78 is 0. The van der Waals surface area contributed by atoms with Crippen LogP contribution in [0.2, 0.25) is 0 Å². The Bertz CT molecular complexity index is 477. The zero-order chi connectivity index (χ0) is 17.6. The van der Waals surface area contributed by atoms with Gasteiger partial charge in [-0.1, -0.05) is 6.92 Å². The molecule has 0 aromatic rings. The van der Waals surface area contributed by atoms with Gasteiger partial charge in [-0.3, -0.25) is 19.4 Å². The third-order valence-electron chi connectivity index (χ3n) is 5.86. The monoisotopic (exact) mass is 423 g/mol. The molecule has 0 radical (unpaired) electrons. The van der Waals surface area contributed by atoms with Crippen molar-refractivity contribution < 1.29 is 9.59 Å². The highest BCUT2D eigenvalue weighted by Gasteiger charge is 2.36. The third-order valence-corrected chi connectivity index (χ3v) is 5.86.